The molecule has 176 valence electrons. The average Bonchev–Trinajstić information content (AvgIpc) is 3.19. The number of hydrogen-bond donors (Lipinski definition) is 1. The summed E-state index contributed by atoms with van der Waals surface area (Å²) in [6.45, 7) is 3.85. The molecule has 1 N–H and O–H groups in total. The summed E-state index contributed by atoms with van der Waals surface area (Å²) in [6.07, 6.45) is -3.84. The highest BCUT2D eigenvalue weighted by Gasteiger charge is 2.31. The topological polar surface area (TPSA) is 72.2 Å². The van der Waals surface area contributed by atoms with Gasteiger partial charge in [0, 0.05) is 17.8 Å². The predicted octanol–water partition coefficient (Wildman–Crippen LogP) is 5.73. The Balaban J connectivity index is 1.48. The summed E-state index contributed by atoms with van der Waals surface area (Å²) >= 11 is 6.99. The number of amides is 1. The number of anilines is 1. The van der Waals surface area contributed by atoms with Crippen molar-refractivity contribution in [3.63, 3.8) is 0 Å². The molecular weight excluding hydrogens is 487 g/mol. The van der Waals surface area contributed by atoms with Crippen LogP contribution in [0.5, 0.6) is 0 Å². The van der Waals surface area contributed by atoms with Gasteiger partial charge in [0.2, 0.25) is 11.1 Å². The van der Waals surface area contributed by atoms with Crippen molar-refractivity contribution >= 4 is 40.7 Å². The first kappa shape index (κ1) is 24.0. The average molecular weight is 506 g/mol. The molecule has 2 heterocycles. The summed E-state index contributed by atoms with van der Waals surface area (Å²) in [4.78, 5) is 21.3. The van der Waals surface area contributed by atoms with Crippen LogP contribution >= 0.6 is 23.4 Å². The number of benzene rings is 2. The molecule has 0 saturated heterocycles. The fraction of sp³-hybridized carbons (Fsp3) is 0.217. The van der Waals surface area contributed by atoms with Gasteiger partial charge in [0.05, 0.1) is 22.0 Å². The molecule has 0 atom stereocenters. The molecule has 0 fully saturated rings. The van der Waals surface area contributed by atoms with Crippen molar-refractivity contribution in [2.45, 2.75) is 31.6 Å². The van der Waals surface area contributed by atoms with Gasteiger partial charge in [0.25, 0.3) is 5.78 Å². The zero-order valence-corrected chi connectivity index (χ0v) is 19.7. The third-order valence-electron chi connectivity index (χ3n) is 5.15. The number of carbonyl (C=O) groups is 1. The Morgan fingerprint density at radius 2 is 1.85 bits per heavy atom. The summed E-state index contributed by atoms with van der Waals surface area (Å²) in [5, 5.41) is 7.21. The standard InChI is InChI=1S/C23H19ClF3N5OS/c1-13-17(10-15-6-4-3-5-7-15)14(2)32-21(28-13)30-22(31-32)34-12-20(33)29-19-11-16(23(25,26)27)8-9-18(19)24/h3-9,11H,10,12H2,1-2H3,(H,29,33). The van der Waals surface area contributed by atoms with Crippen molar-refractivity contribution in [1.29, 1.82) is 0 Å². The number of thioether (sulfide) groups is 1. The van der Waals surface area contributed by atoms with E-state index < -0.39 is 17.6 Å². The molecule has 4 aromatic rings. The molecule has 34 heavy (non-hydrogen) atoms. The number of alkyl halides is 3. The van der Waals surface area contributed by atoms with Crippen LogP contribution in [-0.2, 0) is 17.4 Å². The second-order valence-corrected chi connectivity index (χ2v) is 8.91. The summed E-state index contributed by atoms with van der Waals surface area (Å²) in [6, 6.07) is 12.8. The molecule has 11 heteroatoms. The summed E-state index contributed by atoms with van der Waals surface area (Å²) in [7, 11) is 0. The van der Waals surface area contributed by atoms with Gasteiger partial charge in [-0.3, -0.25) is 4.79 Å². The van der Waals surface area contributed by atoms with Crippen LogP contribution in [0.2, 0.25) is 5.02 Å². The molecule has 0 aliphatic heterocycles. The quantitative estimate of drug-likeness (QED) is 0.339. The van der Waals surface area contributed by atoms with Gasteiger partial charge >= 0.3 is 6.18 Å². The van der Waals surface area contributed by atoms with Crippen molar-refractivity contribution in [3.05, 3.63) is 81.6 Å². The number of halogens is 4. The Hall–Kier alpha value is -3.11. The van der Waals surface area contributed by atoms with E-state index in [4.69, 9.17) is 11.6 Å². The first-order valence-electron chi connectivity index (χ1n) is 10.2. The van der Waals surface area contributed by atoms with E-state index in [-0.39, 0.29) is 16.5 Å². The maximum atomic E-state index is 12.9. The lowest BCUT2D eigenvalue weighted by Gasteiger charge is -2.11. The second kappa shape index (κ2) is 9.63. The van der Waals surface area contributed by atoms with E-state index in [2.05, 4.69) is 20.4 Å². The van der Waals surface area contributed by atoms with Crippen LogP contribution in [0.15, 0.2) is 53.7 Å². The maximum Gasteiger partial charge on any atom is 0.416 e. The van der Waals surface area contributed by atoms with Gasteiger partial charge in [0.1, 0.15) is 0 Å². The first-order valence-corrected chi connectivity index (χ1v) is 11.5. The molecule has 0 aliphatic carbocycles. The number of nitrogens with one attached hydrogen (secondary N) is 1. The molecule has 0 radical (unpaired) electrons. The third kappa shape index (κ3) is 5.34. The van der Waals surface area contributed by atoms with Crippen molar-refractivity contribution in [1.82, 2.24) is 19.6 Å². The van der Waals surface area contributed by atoms with E-state index in [0.717, 1.165) is 52.5 Å². The molecule has 2 aromatic carbocycles. The molecule has 0 bridgehead atoms. The Morgan fingerprint density at radius 3 is 2.56 bits per heavy atom. The summed E-state index contributed by atoms with van der Waals surface area (Å²) < 4.78 is 40.4. The Labute approximate surface area is 202 Å². The molecule has 0 unspecified atom stereocenters. The van der Waals surface area contributed by atoms with E-state index in [1.54, 1.807) is 4.52 Å². The van der Waals surface area contributed by atoms with Crippen LogP contribution in [0, 0.1) is 13.8 Å². The Bertz CT molecular complexity index is 1360. The summed E-state index contributed by atoms with van der Waals surface area (Å²) in [5.74, 6) is -0.232. The lowest BCUT2D eigenvalue weighted by Crippen LogP contribution is -2.15. The smallest absolute Gasteiger partial charge is 0.324 e. The van der Waals surface area contributed by atoms with Gasteiger partial charge < -0.3 is 5.32 Å². The van der Waals surface area contributed by atoms with Crippen LogP contribution in [0.25, 0.3) is 5.78 Å². The molecule has 6 nitrogen and oxygen atoms in total. The van der Waals surface area contributed by atoms with Crippen LogP contribution < -0.4 is 5.32 Å². The number of nitrogens with zero attached hydrogens (tertiary/aromatic N) is 4. The van der Waals surface area contributed by atoms with Crippen molar-refractivity contribution in [2.75, 3.05) is 11.1 Å². The number of hydrogen-bond acceptors (Lipinski definition) is 5. The highest BCUT2D eigenvalue weighted by atomic mass is 35.5. The van der Waals surface area contributed by atoms with Gasteiger partial charge in [-0.2, -0.15) is 18.2 Å². The minimum atomic E-state index is -4.54. The van der Waals surface area contributed by atoms with Crippen LogP contribution in [0.1, 0.15) is 28.1 Å². The molecule has 0 spiro atoms. The van der Waals surface area contributed by atoms with Gasteiger partial charge in [-0.1, -0.05) is 53.7 Å². The largest absolute Gasteiger partial charge is 0.416 e. The fourth-order valence-corrected chi connectivity index (χ4v) is 4.20. The molecule has 1 amide bonds. The van der Waals surface area contributed by atoms with E-state index in [0.29, 0.717) is 17.4 Å². The zero-order chi connectivity index (χ0) is 24.5. The Morgan fingerprint density at radius 1 is 1.12 bits per heavy atom. The molecule has 0 saturated carbocycles. The van der Waals surface area contributed by atoms with Crippen LogP contribution in [0.3, 0.4) is 0 Å². The van der Waals surface area contributed by atoms with Crippen molar-refractivity contribution < 1.29 is 18.0 Å². The van der Waals surface area contributed by atoms with E-state index >= 15 is 0 Å². The Kier molecular flexibility index (Phi) is 6.81. The number of aromatic nitrogens is 4. The highest BCUT2D eigenvalue weighted by molar-refractivity contribution is 7.99. The highest BCUT2D eigenvalue weighted by Crippen LogP contribution is 2.34. The monoisotopic (exact) mass is 505 g/mol. The molecule has 2 aromatic heterocycles. The van der Waals surface area contributed by atoms with Gasteiger partial charge in [-0.15, -0.1) is 5.10 Å². The first-order chi connectivity index (χ1) is 16.1. The second-order valence-electron chi connectivity index (χ2n) is 7.56. The number of carbonyl (C=O) groups excluding carboxylic acids is 1. The van der Waals surface area contributed by atoms with Gasteiger partial charge in [-0.25, -0.2) is 9.50 Å². The third-order valence-corrected chi connectivity index (χ3v) is 6.32. The van der Waals surface area contributed by atoms with Gasteiger partial charge in [0.15, 0.2) is 0 Å². The normalized spacial score (nSPS) is 11.7. The SMILES string of the molecule is Cc1nc2nc(SCC(=O)Nc3cc(C(F)(F)F)ccc3Cl)nn2c(C)c1Cc1ccccc1. The lowest BCUT2D eigenvalue weighted by molar-refractivity contribution is -0.137. The van der Waals surface area contributed by atoms with Crippen molar-refractivity contribution in [2.24, 2.45) is 0 Å². The van der Waals surface area contributed by atoms with E-state index in [1.165, 1.54) is 0 Å². The minimum Gasteiger partial charge on any atom is -0.324 e. The zero-order valence-electron chi connectivity index (χ0n) is 18.2. The van der Waals surface area contributed by atoms with E-state index in [1.807, 2.05) is 44.2 Å². The number of aryl methyl sites for hydroxylation is 2. The minimum absolute atomic E-state index is 0.0125. The maximum absolute atomic E-state index is 12.9. The van der Waals surface area contributed by atoms with Crippen molar-refractivity contribution in [3.8, 4) is 0 Å². The molecule has 0 aliphatic rings. The lowest BCUT2D eigenvalue weighted by atomic mass is 10.0. The van der Waals surface area contributed by atoms with Crippen LogP contribution in [0.4, 0.5) is 18.9 Å². The summed E-state index contributed by atoms with van der Waals surface area (Å²) in [5.41, 5.74) is 2.92. The van der Waals surface area contributed by atoms with E-state index in [9.17, 15) is 18.0 Å². The number of rotatable bonds is 6. The molecular formula is C23H19ClF3N5OS. The predicted molar refractivity (Wildman–Crippen MR) is 125 cm³/mol. The fourth-order valence-electron chi connectivity index (χ4n) is 3.42. The van der Waals surface area contributed by atoms with Gasteiger partial charge in [-0.05, 0) is 43.2 Å². The molecule has 4 rings (SSSR count). The van der Waals surface area contributed by atoms with Crippen LogP contribution in [-0.4, -0.2) is 31.2 Å². The number of fused-ring (bicyclic) bond motifs is 1.